The lowest BCUT2D eigenvalue weighted by molar-refractivity contribution is -0.119. The second-order valence-electron chi connectivity index (χ2n) is 6.95. The molecule has 0 unspecified atom stereocenters. The Morgan fingerprint density at radius 2 is 2.04 bits per heavy atom. The van der Waals surface area contributed by atoms with Crippen molar-refractivity contribution in [2.75, 3.05) is 12.8 Å². The number of hydrogen-bond donors (Lipinski definition) is 2. The van der Waals surface area contributed by atoms with Gasteiger partial charge in [0.15, 0.2) is 5.16 Å². The fourth-order valence-corrected chi connectivity index (χ4v) is 4.93. The predicted molar refractivity (Wildman–Crippen MR) is 112 cm³/mol. The molecule has 2 aromatic heterocycles. The molecule has 0 radical (unpaired) electrons. The number of carbonyl (C=O) groups excluding carboxylic acids is 2. The van der Waals surface area contributed by atoms with Gasteiger partial charge in [0.2, 0.25) is 5.91 Å². The van der Waals surface area contributed by atoms with Crippen LogP contribution in [0, 0.1) is 0 Å². The van der Waals surface area contributed by atoms with E-state index in [2.05, 4.69) is 25.4 Å². The molecule has 0 aliphatic heterocycles. The molecule has 2 amide bonds. The number of nitrogens with zero attached hydrogens (tertiary/aromatic N) is 3. The number of thiophene rings is 1. The van der Waals surface area contributed by atoms with Crippen LogP contribution in [0.2, 0.25) is 0 Å². The summed E-state index contributed by atoms with van der Waals surface area (Å²) in [6.45, 7) is 2.54. The Bertz CT molecular complexity index is 811. The van der Waals surface area contributed by atoms with Gasteiger partial charge in [-0.25, -0.2) is 0 Å². The summed E-state index contributed by atoms with van der Waals surface area (Å²) < 4.78 is 2.31. The molecule has 2 aromatic rings. The molecule has 0 atom stereocenters. The second kappa shape index (κ2) is 10.1. The first-order valence-corrected chi connectivity index (χ1v) is 11.7. The van der Waals surface area contributed by atoms with Gasteiger partial charge >= 0.3 is 0 Å². The average Bonchev–Trinajstić information content (AvgIpc) is 3.43. The molecule has 2 N–H and O–H groups in total. The van der Waals surface area contributed by atoms with Crippen LogP contribution in [0.5, 0.6) is 0 Å². The summed E-state index contributed by atoms with van der Waals surface area (Å²) >= 11 is 3.05. The molecular formula is C19H27N5O2S2. The Morgan fingerprint density at radius 1 is 1.25 bits per heavy atom. The van der Waals surface area contributed by atoms with Gasteiger partial charge in [0.1, 0.15) is 5.82 Å². The van der Waals surface area contributed by atoms with E-state index in [4.69, 9.17) is 0 Å². The molecule has 0 aromatic carbocycles. The van der Waals surface area contributed by atoms with Gasteiger partial charge in [-0.3, -0.25) is 9.59 Å². The summed E-state index contributed by atoms with van der Waals surface area (Å²) in [6.07, 6.45) is 8.63. The zero-order valence-corrected chi connectivity index (χ0v) is 18.0. The van der Waals surface area contributed by atoms with E-state index in [1.165, 1.54) is 43.9 Å². The number of aryl methyl sites for hydroxylation is 1. The van der Waals surface area contributed by atoms with Crippen LogP contribution in [0.3, 0.4) is 0 Å². The number of thioether (sulfide) groups is 1. The highest BCUT2D eigenvalue weighted by atomic mass is 32.2. The maximum atomic E-state index is 12.3. The minimum atomic E-state index is -0.0745. The Balaban J connectivity index is 1.47. The quantitative estimate of drug-likeness (QED) is 0.479. The second-order valence-corrected chi connectivity index (χ2v) is 8.89. The van der Waals surface area contributed by atoms with Gasteiger partial charge in [-0.2, -0.15) is 0 Å². The molecule has 9 heteroatoms. The van der Waals surface area contributed by atoms with Crippen LogP contribution in [0.4, 0.5) is 0 Å². The molecule has 1 fully saturated rings. The lowest BCUT2D eigenvalue weighted by atomic mass is 10.2. The first-order valence-electron chi connectivity index (χ1n) is 9.67. The summed E-state index contributed by atoms with van der Waals surface area (Å²) in [5.41, 5.74) is 0. The third-order valence-electron chi connectivity index (χ3n) is 4.87. The Labute approximate surface area is 173 Å². The number of carbonyl (C=O) groups is 2. The summed E-state index contributed by atoms with van der Waals surface area (Å²) in [6, 6.07) is 4.21. The van der Waals surface area contributed by atoms with E-state index in [0.717, 1.165) is 28.7 Å². The molecule has 0 bridgehead atoms. The van der Waals surface area contributed by atoms with Crippen molar-refractivity contribution in [3.8, 4) is 0 Å². The molecule has 2 heterocycles. The standard InChI is InChI=1S/C19H27N5O2S2/c1-13(25)21-12-15-9-10-16(28-15)18(26)20-11-5-8-17-22-23-19(27-2)24(17)14-6-3-4-7-14/h9-10,14H,3-8,11-12H2,1-2H3,(H,20,26)(H,21,25). The third-order valence-corrected chi connectivity index (χ3v) is 6.59. The fourth-order valence-electron chi connectivity index (χ4n) is 3.49. The summed E-state index contributed by atoms with van der Waals surface area (Å²) in [4.78, 5) is 24.9. The van der Waals surface area contributed by atoms with Crippen LogP contribution < -0.4 is 10.6 Å². The molecule has 0 spiro atoms. The van der Waals surface area contributed by atoms with Gasteiger partial charge in [-0.1, -0.05) is 24.6 Å². The van der Waals surface area contributed by atoms with Crippen LogP contribution >= 0.6 is 23.1 Å². The van der Waals surface area contributed by atoms with Crippen LogP contribution in [-0.2, 0) is 17.8 Å². The van der Waals surface area contributed by atoms with Crippen molar-refractivity contribution in [2.24, 2.45) is 0 Å². The van der Waals surface area contributed by atoms with Crippen LogP contribution in [0.1, 0.15) is 65.4 Å². The zero-order valence-electron chi connectivity index (χ0n) is 16.4. The molecular weight excluding hydrogens is 394 g/mol. The van der Waals surface area contributed by atoms with Gasteiger partial charge in [0.05, 0.1) is 11.4 Å². The predicted octanol–water partition coefficient (Wildman–Crippen LogP) is 3.18. The van der Waals surface area contributed by atoms with Crippen molar-refractivity contribution in [2.45, 2.75) is 63.2 Å². The average molecular weight is 422 g/mol. The summed E-state index contributed by atoms with van der Waals surface area (Å²) in [5, 5.41) is 15.4. The Hall–Kier alpha value is -1.87. The number of rotatable bonds is 9. The van der Waals surface area contributed by atoms with Gasteiger partial charge in [0, 0.05) is 30.8 Å². The maximum absolute atomic E-state index is 12.3. The van der Waals surface area contributed by atoms with Crippen LogP contribution in [0.25, 0.3) is 0 Å². The molecule has 3 rings (SSSR count). The van der Waals surface area contributed by atoms with E-state index in [-0.39, 0.29) is 11.8 Å². The normalized spacial score (nSPS) is 14.4. The number of nitrogens with one attached hydrogen (secondary N) is 2. The summed E-state index contributed by atoms with van der Waals surface area (Å²) in [5.74, 6) is 0.884. The monoisotopic (exact) mass is 421 g/mol. The zero-order chi connectivity index (χ0) is 19.9. The summed E-state index contributed by atoms with van der Waals surface area (Å²) in [7, 11) is 0. The van der Waals surface area contributed by atoms with Crippen LogP contribution in [0.15, 0.2) is 17.3 Å². The van der Waals surface area contributed by atoms with E-state index >= 15 is 0 Å². The first kappa shape index (κ1) is 20.9. The number of hydrogen-bond acceptors (Lipinski definition) is 6. The highest BCUT2D eigenvalue weighted by Gasteiger charge is 2.23. The van der Waals surface area contributed by atoms with Gasteiger partial charge in [-0.05, 0) is 37.7 Å². The SMILES string of the molecule is CSc1nnc(CCCNC(=O)c2ccc(CNC(C)=O)s2)n1C1CCCC1. The van der Waals surface area contributed by atoms with E-state index in [9.17, 15) is 9.59 Å². The van der Waals surface area contributed by atoms with Gasteiger partial charge < -0.3 is 15.2 Å². The van der Waals surface area contributed by atoms with E-state index < -0.39 is 0 Å². The van der Waals surface area contributed by atoms with E-state index in [0.29, 0.717) is 24.0 Å². The Kier molecular flexibility index (Phi) is 7.50. The topological polar surface area (TPSA) is 88.9 Å². The largest absolute Gasteiger partial charge is 0.351 e. The molecule has 0 saturated heterocycles. The highest BCUT2D eigenvalue weighted by molar-refractivity contribution is 7.98. The van der Waals surface area contributed by atoms with E-state index in [1.54, 1.807) is 17.8 Å². The highest BCUT2D eigenvalue weighted by Crippen LogP contribution is 2.33. The molecule has 28 heavy (non-hydrogen) atoms. The Morgan fingerprint density at radius 3 is 2.75 bits per heavy atom. The first-order chi connectivity index (χ1) is 13.6. The third kappa shape index (κ3) is 5.35. The number of aromatic nitrogens is 3. The van der Waals surface area contributed by atoms with Crippen molar-refractivity contribution >= 4 is 34.9 Å². The molecule has 1 aliphatic carbocycles. The van der Waals surface area contributed by atoms with Gasteiger partial charge in [-0.15, -0.1) is 21.5 Å². The van der Waals surface area contributed by atoms with Crippen molar-refractivity contribution < 1.29 is 9.59 Å². The smallest absolute Gasteiger partial charge is 0.261 e. The minimum absolute atomic E-state index is 0.0684. The lowest BCUT2D eigenvalue weighted by Crippen LogP contribution is -2.24. The maximum Gasteiger partial charge on any atom is 0.261 e. The lowest BCUT2D eigenvalue weighted by Gasteiger charge is -2.16. The number of amides is 2. The molecule has 152 valence electrons. The van der Waals surface area contributed by atoms with Crippen molar-refractivity contribution in [3.05, 3.63) is 27.7 Å². The fraction of sp³-hybridized carbons (Fsp3) is 0.579. The van der Waals surface area contributed by atoms with Gasteiger partial charge in [0.25, 0.3) is 5.91 Å². The van der Waals surface area contributed by atoms with Crippen molar-refractivity contribution in [3.63, 3.8) is 0 Å². The molecule has 1 aliphatic rings. The van der Waals surface area contributed by atoms with Crippen molar-refractivity contribution in [1.29, 1.82) is 0 Å². The van der Waals surface area contributed by atoms with Crippen molar-refractivity contribution in [1.82, 2.24) is 25.4 Å². The van der Waals surface area contributed by atoms with Crippen LogP contribution in [-0.4, -0.2) is 39.4 Å². The van der Waals surface area contributed by atoms with E-state index in [1.807, 2.05) is 12.3 Å². The minimum Gasteiger partial charge on any atom is -0.351 e. The molecule has 1 saturated carbocycles. The molecule has 7 nitrogen and oxygen atoms in total.